The highest BCUT2D eigenvalue weighted by Gasteiger charge is 2.25. The summed E-state index contributed by atoms with van der Waals surface area (Å²) in [5.41, 5.74) is 0.618. The number of likely N-dealkylation sites (N-methyl/N-ethyl adjacent to an activating group) is 1. The molecule has 1 aromatic carbocycles. The molecule has 1 heterocycles. The Labute approximate surface area is 174 Å². The van der Waals surface area contributed by atoms with Crippen molar-refractivity contribution in [1.29, 1.82) is 0 Å². The van der Waals surface area contributed by atoms with Gasteiger partial charge in [-0.05, 0) is 39.3 Å². The zero-order valence-corrected chi connectivity index (χ0v) is 18.5. The van der Waals surface area contributed by atoms with Crippen LogP contribution in [0, 0.1) is 0 Å². The molecule has 0 aromatic heterocycles. The number of amides is 1. The molecule has 1 fully saturated rings. The summed E-state index contributed by atoms with van der Waals surface area (Å²) < 4.78 is 10.8. The van der Waals surface area contributed by atoms with Crippen molar-refractivity contribution in [3.05, 3.63) is 24.3 Å². The molecule has 0 radical (unpaired) electrons. The highest BCUT2D eigenvalue weighted by atomic mass is 16.6. The molecule has 0 bridgehead atoms. The zero-order valence-electron chi connectivity index (χ0n) is 18.5. The molecule has 8 heteroatoms. The Hall–Kier alpha value is -2.64. The molecule has 1 amide bonds. The Morgan fingerprint density at radius 2 is 2.07 bits per heavy atom. The van der Waals surface area contributed by atoms with Crippen LogP contribution in [0.25, 0.3) is 0 Å². The molecule has 1 aromatic rings. The van der Waals surface area contributed by atoms with Gasteiger partial charge < -0.3 is 29.9 Å². The lowest BCUT2D eigenvalue weighted by Gasteiger charge is -2.25. The maximum atomic E-state index is 12.0. The fraction of sp³-hybridized carbons (Fsp3) is 0.619. The van der Waals surface area contributed by atoms with E-state index in [1.165, 1.54) is 0 Å². The molecular weight excluding hydrogens is 370 g/mol. The Balaban J connectivity index is 1.78. The maximum absolute atomic E-state index is 12.0. The van der Waals surface area contributed by atoms with Crippen LogP contribution in [-0.2, 0) is 4.74 Å². The monoisotopic (exact) mass is 405 g/mol. The van der Waals surface area contributed by atoms with Gasteiger partial charge in [-0.2, -0.15) is 0 Å². The summed E-state index contributed by atoms with van der Waals surface area (Å²) in [5.74, 6) is 1.62. The number of hydrogen-bond acceptors (Lipinski definition) is 5. The fourth-order valence-corrected chi connectivity index (χ4v) is 3.15. The zero-order chi connectivity index (χ0) is 21.4. The molecule has 29 heavy (non-hydrogen) atoms. The van der Waals surface area contributed by atoms with Crippen LogP contribution in [0.1, 0.15) is 27.2 Å². The number of carbonyl (C=O) groups excluding carboxylic acids is 1. The van der Waals surface area contributed by atoms with Crippen molar-refractivity contribution in [2.75, 3.05) is 52.3 Å². The summed E-state index contributed by atoms with van der Waals surface area (Å²) in [6, 6.07) is 8.36. The number of anilines is 1. The summed E-state index contributed by atoms with van der Waals surface area (Å²) in [6.45, 7) is 8.51. The van der Waals surface area contributed by atoms with E-state index in [-0.39, 0.29) is 12.1 Å². The third-order valence-corrected chi connectivity index (χ3v) is 4.62. The first-order chi connectivity index (χ1) is 13.7. The highest BCUT2D eigenvalue weighted by molar-refractivity contribution is 5.80. The number of ether oxygens (including phenoxy) is 2. The van der Waals surface area contributed by atoms with Gasteiger partial charge in [0.05, 0.1) is 12.8 Å². The van der Waals surface area contributed by atoms with Crippen LogP contribution in [-0.4, -0.2) is 76.0 Å². The Bertz CT molecular complexity index is 702. The minimum Gasteiger partial charge on any atom is -0.495 e. The van der Waals surface area contributed by atoms with Crippen molar-refractivity contribution >= 4 is 17.7 Å². The van der Waals surface area contributed by atoms with Crippen LogP contribution >= 0.6 is 0 Å². The van der Waals surface area contributed by atoms with Crippen molar-refractivity contribution in [2.45, 2.75) is 38.8 Å². The smallest absolute Gasteiger partial charge is 0.410 e. The third-order valence-electron chi connectivity index (χ3n) is 4.62. The second kappa shape index (κ2) is 10.2. The first-order valence-corrected chi connectivity index (χ1v) is 10.0. The van der Waals surface area contributed by atoms with Gasteiger partial charge in [0.25, 0.3) is 0 Å². The van der Waals surface area contributed by atoms with Gasteiger partial charge in [-0.1, -0.05) is 12.1 Å². The number of para-hydroxylation sites is 2. The lowest BCUT2D eigenvalue weighted by molar-refractivity contribution is 0.0302. The minimum absolute atomic E-state index is 0.287. The lowest BCUT2D eigenvalue weighted by Crippen LogP contribution is -2.47. The predicted octanol–water partition coefficient (Wildman–Crippen LogP) is 2.31. The van der Waals surface area contributed by atoms with E-state index in [0.717, 1.165) is 36.9 Å². The molecule has 1 unspecified atom stereocenters. The summed E-state index contributed by atoms with van der Waals surface area (Å²) in [7, 11) is 5.18. The number of carbonyl (C=O) groups is 1. The largest absolute Gasteiger partial charge is 0.495 e. The SMILES string of the molecule is CN=C(NCCN(C)C(=O)OC(C)(C)C)NC1CCN(c2ccccc2OC)C1. The van der Waals surface area contributed by atoms with E-state index in [2.05, 4.69) is 26.6 Å². The fourth-order valence-electron chi connectivity index (χ4n) is 3.15. The molecule has 0 saturated carbocycles. The number of guanidine groups is 1. The van der Waals surface area contributed by atoms with Crippen LogP contribution in [0.2, 0.25) is 0 Å². The molecule has 8 nitrogen and oxygen atoms in total. The number of nitrogens with one attached hydrogen (secondary N) is 2. The first kappa shape index (κ1) is 22.6. The molecular formula is C21H35N5O3. The second-order valence-electron chi connectivity index (χ2n) is 8.15. The highest BCUT2D eigenvalue weighted by Crippen LogP contribution is 2.30. The molecule has 2 N–H and O–H groups in total. The minimum atomic E-state index is -0.494. The van der Waals surface area contributed by atoms with E-state index in [0.29, 0.717) is 13.1 Å². The lowest BCUT2D eigenvalue weighted by atomic mass is 10.2. The van der Waals surface area contributed by atoms with E-state index in [1.54, 1.807) is 26.1 Å². The van der Waals surface area contributed by atoms with Crippen molar-refractivity contribution in [3.63, 3.8) is 0 Å². The average Bonchev–Trinajstić information content (AvgIpc) is 3.14. The van der Waals surface area contributed by atoms with E-state index < -0.39 is 5.60 Å². The van der Waals surface area contributed by atoms with Gasteiger partial charge in [-0.25, -0.2) is 4.79 Å². The van der Waals surface area contributed by atoms with Crippen LogP contribution in [0.5, 0.6) is 5.75 Å². The van der Waals surface area contributed by atoms with Crippen molar-refractivity contribution < 1.29 is 14.3 Å². The number of nitrogens with zero attached hydrogens (tertiary/aromatic N) is 3. The molecule has 0 spiro atoms. The molecule has 0 aliphatic carbocycles. The molecule has 1 aliphatic heterocycles. The topological polar surface area (TPSA) is 78.4 Å². The van der Waals surface area contributed by atoms with Gasteiger partial charge in [0.15, 0.2) is 5.96 Å². The quantitative estimate of drug-likeness (QED) is 0.559. The Kier molecular flexibility index (Phi) is 7.99. The van der Waals surface area contributed by atoms with Crippen LogP contribution in [0.4, 0.5) is 10.5 Å². The van der Waals surface area contributed by atoms with E-state index in [1.807, 2.05) is 39.0 Å². The maximum Gasteiger partial charge on any atom is 0.410 e. The Morgan fingerprint density at radius 1 is 1.34 bits per heavy atom. The van der Waals surface area contributed by atoms with Gasteiger partial charge in [0.2, 0.25) is 0 Å². The third kappa shape index (κ3) is 7.03. The van der Waals surface area contributed by atoms with E-state index in [9.17, 15) is 4.79 Å². The molecule has 1 aliphatic rings. The summed E-state index contributed by atoms with van der Waals surface area (Å²) in [5, 5.41) is 6.73. The molecule has 1 atom stereocenters. The number of benzene rings is 1. The number of hydrogen-bond donors (Lipinski definition) is 2. The first-order valence-electron chi connectivity index (χ1n) is 10.0. The van der Waals surface area contributed by atoms with Gasteiger partial charge in [-0.3, -0.25) is 4.99 Å². The van der Waals surface area contributed by atoms with Crippen molar-refractivity contribution in [1.82, 2.24) is 15.5 Å². The van der Waals surface area contributed by atoms with Gasteiger partial charge in [0.1, 0.15) is 11.4 Å². The van der Waals surface area contributed by atoms with E-state index >= 15 is 0 Å². The summed E-state index contributed by atoms with van der Waals surface area (Å²) in [6.07, 6.45) is 0.682. The van der Waals surface area contributed by atoms with Gasteiger partial charge in [0, 0.05) is 46.3 Å². The standard InChI is InChI=1S/C21H35N5O3/c1-21(2,3)29-20(27)25(5)14-12-23-19(22-4)24-16-11-13-26(15-16)17-9-7-8-10-18(17)28-6/h7-10,16H,11-15H2,1-6H3,(H2,22,23,24). The molecule has 2 rings (SSSR count). The number of methoxy groups -OCH3 is 1. The van der Waals surface area contributed by atoms with Crippen molar-refractivity contribution in [3.8, 4) is 5.75 Å². The number of aliphatic imine (C=N–C) groups is 1. The van der Waals surface area contributed by atoms with Crippen LogP contribution in [0.15, 0.2) is 29.3 Å². The molecule has 162 valence electrons. The average molecular weight is 406 g/mol. The Morgan fingerprint density at radius 3 is 2.72 bits per heavy atom. The second-order valence-corrected chi connectivity index (χ2v) is 8.15. The predicted molar refractivity (Wildman–Crippen MR) is 117 cm³/mol. The normalized spacial score (nSPS) is 17.1. The molecule has 1 saturated heterocycles. The van der Waals surface area contributed by atoms with E-state index in [4.69, 9.17) is 9.47 Å². The number of rotatable bonds is 6. The summed E-state index contributed by atoms with van der Waals surface area (Å²) in [4.78, 5) is 20.2. The van der Waals surface area contributed by atoms with Gasteiger partial charge >= 0.3 is 6.09 Å². The van der Waals surface area contributed by atoms with Gasteiger partial charge in [-0.15, -0.1) is 0 Å². The van der Waals surface area contributed by atoms with Crippen LogP contribution in [0.3, 0.4) is 0 Å². The van der Waals surface area contributed by atoms with Crippen LogP contribution < -0.4 is 20.3 Å². The summed E-state index contributed by atoms with van der Waals surface area (Å²) >= 11 is 0. The van der Waals surface area contributed by atoms with Crippen molar-refractivity contribution in [2.24, 2.45) is 4.99 Å².